The number of benzene rings is 1. The highest BCUT2D eigenvalue weighted by Gasteiger charge is 2.26. The van der Waals surface area contributed by atoms with Crippen LogP contribution in [0.15, 0.2) is 29.2 Å². The van der Waals surface area contributed by atoms with E-state index < -0.39 is 9.84 Å². The molecule has 0 saturated carbocycles. The number of β-amino-alcohol motifs (C(OH)–C–C–N with tert-alkyl or cyclic N) is 1. The summed E-state index contributed by atoms with van der Waals surface area (Å²) in [6.07, 6.45) is 1.37. The van der Waals surface area contributed by atoms with Gasteiger partial charge in [-0.3, -0.25) is 4.79 Å². The number of hydrogen-bond donors (Lipinski definition) is 1. The van der Waals surface area contributed by atoms with Crippen LogP contribution in [0.25, 0.3) is 0 Å². The molecule has 1 fully saturated rings. The van der Waals surface area contributed by atoms with Crippen LogP contribution in [0.2, 0.25) is 0 Å². The van der Waals surface area contributed by atoms with Gasteiger partial charge in [-0.15, -0.1) is 0 Å². The molecule has 1 aromatic rings. The van der Waals surface area contributed by atoms with Crippen molar-refractivity contribution >= 4 is 15.8 Å². The Morgan fingerprint density at radius 1 is 1.25 bits per heavy atom. The number of sulfone groups is 1. The first-order chi connectivity index (χ1) is 11.4. The van der Waals surface area contributed by atoms with Crippen LogP contribution in [0.5, 0.6) is 0 Å². The van der Waals surface area contributed by atoms with Crippen LogP contribution < -0.4 is 0 Å². The van der Waals surface area contributed by atoms with Crippen LogP contribution in [-0.2, 0) is 19.4 Å². The van der Waals surface area contributed by atoms with Gasteiger partial charge in [-0.2, -0.15) is 0 Å². The van der Waals surface area contributed by atoms with E-state index in [2.05, 4.69) is 4.90 Å². The number of ether oxygens (including phenoxy) is 1. The molecule has 0 amide bonds. The van der Waals surface area contributed by atoms with E-state index in [1.165, 1.54) is 0 Å². The fourth-order valence-electron chi connectivity index (χ4n) is 2.77. The van der Waals surface area contributed by atoms with E-state index in [1.807, 2.05) is 6.92 Å². The van der Waals surface area contributed by atoms with Crippen molar-refractivity contribution < 1.29 is 23.1 Å². The van der Waals surface area contributed by atoms with Crippen molar-refractivity contribution in [3.8, 4) is 0 Å². The Hall–Kier alpha value is -1.44. The molecule has 2 rings (SSSR count). The van der Waals surface area contributed by atoms with Crippen molar-refractivity contribution in [1.29, 1.82) is 0 Å². The molecule has 0 spiro atoms. The van der Waals surface area contributed by atoms with Crippen LogP contribution in [0.3, 0.4) is 0 Å². The monoisotopic (exact) mass is 355 g/mol. The number of esters is 1. The van der Waals surface area contributed by atoms with Crippen molar-refractivity contribution in [2.75, 3.05) is 38.6 Å². The van der Waals surface area contributed by atoms with Crippen molar-refractivity contribution in [3.05, 3.63) is 29.8 Å². The molecule has 0 aromatic heterocycles. The van der Waals surface area contributed by atoms with Crippen LogP contribution in [0.1, 0.15) is 18.4 Å². The van der Waals surface area contributed by atoms with Crippen LogP contribution in [0, 0.1) is 12.8 Å². The third kappa shape index (κ3) is 5.29. The Morgan fingerprint density at radius 3 is 2.46 bits per heavy atom. The number of aliphatic hydroxyl groups excluding tert-OH is 1. The first-order valence-corrected chi connectivity index (χ1v) is 9.87. The fourth-order valence-corrected chi connectivity index (χ4v) is 3.86. The smallest absolute Gasteiger partial charge is 0.309 e. The molecule has 134 valence electrons. The lowest BCUT2D eigenvalue weighted by atomic mass is 9.97. The molecule has 0 unspecified atom stereocenters. The first-order valence-electron chi connectivity index (χ1n) is 8.21. The Morgan fingerprint density at radius 2 is 1.88 bits per heavy atom. The predicted molar refractivity (Wildman–Crippen MR) is 90.4 cm³/mol. The van der Waals surface area contributed by atoms with E-state index in [0.717, 1.165) is 18.7 Å². The maximum atomic E-state index is 12.2. The van der Waals surface area contributed by atoms with E-state index in [-0.39, 0.29) is 35.7 Å². The zero-order valence-corrected chi connectivity index (χ0v) is 14.8. The van der Waals surface area contributed by atoms with Crippen molar-refractivity contribution in [2.45, 2.75) is 24.7 Å². The van der Waals surface area contributed by atoms with Gasteiger partial charge in [0.05, 0.1) is 23.2 Å². The highest BCUT2D eigenvalue weighted by Crippen LogP contribution is 2.18. The molecule has 0 atom stereocenters. The molecule has 1 aliphatic heterocycles. The van der Waals surface area contributed by atoms with E-state index >= 15 is 0 Å². The number of hydrogen-bond acceptors (Lipinski definition) is 6. The SMILES string of the molecule is Cc1ccc(S(=O)(=O)CCOC(=O)C2CCN(CCO)CC2)cc1. The second kappa shape index (κ2) is 8.60. The highest BCUT2D eigenvalue weighted by molar-refractivity contribution is 7.91. The number of carbonyl (C=O) groups excluding carboxylic acids is 1. The van der Waals surface area contributed by atoms with Crippen LogP contribution in [0.4, 0.5) is 0 Å². The molecule has 24 heavy (non-hydrogen) atoms. The largest absolute Gasteiger partial charge is 0.464 e. The Kier molecular flexibility index (Phi) is 6.77. The standard InChI is InChI=1S/C17H25NO5S/c1-14-2-4-16(5-3-14)24(21,22)13-12-23-17(20)15-6-8-18(9-7-15)10-11-19/h2-5,15,19H,6-13H2,1H3. The Labute approximate surface area is 143 Å². The summed E-state index contributed by atoms with van der Waals surface area (Å²) in [6.45, 7) is 4.02. The summed E-state index contributed by atoms with van der Waals surface area (Å²) in [6, 6.07) is 6.64. The molecular formula is C17H25NO5S. The van der Waals surface area contributed by atoms with Gasteiger partial charge in [0, 0.05) is 6.54 Å². The molecule has 0 radical (unpaired) electrons. The minimum absolute atomic E-state index is 0.117. The third-order valence-electron chi connectivity index (χ3n) is 4.31. The zero-order valence-electron chi connectivity index (χ0n) is 14.0. The maximum Gasteiger partial charge on any atom is 0.309 e. The quantitative estimate of drug-likeness (QED) is 0.735. The van der Waals surface area contributed by atoms with Crippen molar-refractivity contribution in [1.82, 2.24) is 4.90 Å². The summed E-state index contributed by atoms with van der Waals surface area (Å²) in [5, 5.41) is 8.90. The molecule has 1 aliphatic rings. The van der Waals surface area contributed by atoms with Gasteiger partial charge < -0.3 is 14.7 Å². The summed E-state index contributed by atoms with van der Waals surface area (Å²) < 4.78 is 29.6. The number of aliphatic hydroxyl groups is 1. The lowest BCUT2D eigenvalue weighted by Crippen LogP contribution is -2.38. The molecular weight excluding hydrogens is 330 g/mol. The van der Waals surface area contributed by atoms with E-state index in [4.69, 9.17) is 9.84 Å². The van der Waals surface area contributed by atoms with Gasteiger partial charge in [0.15, 0.2) is 9.84 Å². The zero-order chi connectivity index (χ0) is 17.6. The minimum Gasteiger partial charge on any atom is -0.464 e. The third-order valence-corrected chi connectivity index (χ3v) is 6.01. The van der Waals surface area contributed by atoms with E-state index in [9.17, 15) is 13.2 Å². The summed E-state index contributed by atoms with van der Waals surface area (Å²) in [5.74, 6) is -0.703. The van der Waals surface area contributed by atoms with Gasteiger partial charge in [-0.05, 0) is 45.0 Å². The molecule has 1 N–H and O–H groups in total. The van der Waals surface area contributed by atoms with Gasteiger partial charge in [0.25, 0.3) is 0 Å². The minimum atomic E-state index is -3.43. The van der Waals surface area contributed by atoms with Crippen LogP contribution in [-0.4, -0.2) is 63.0 Å². The number of nitrogens with zero attached hydrogens (tertiary/aromatic N) is 1. The molecule has 1 aromatic carbocycles. The van der Waals surface area contributed by atoms with Gasteiger partial charge >= 0.3 is 5.97 Å². The van der Waals surface area contributed by atoms with Crippen LogP contribution >= 0.6 is 0 Å². The Bertz CT molecular complexity index is 633. The summed E-state index contributed by atoms with van der Waals surface area (Å²) in [7, 11) is -3.43. The number of carbonyl (C=O) groups is 1. The lowest BCUT2D eigenvalue weighted by Gasteiger charge is -2.30. The van der Waals surface area contributed by atoms with Gasteiger partial charge in [-0.1, -0.05) is 17.7 Å². The molecule has 1 heterocycles. The van der Waals surface area contributed by atoms with Gasteiger partial charge in [-0.25, -0.2) is 8.42 Å². The number of piperidine rings is 1. The molecule has 7 heteroatoms. The van der Waals surface area contributed by atoms with Crippen molar-refractivity contribution in [3.63, 3.8) is 0 Å². The summed E-state index contributed by atoms with van der Waals surface area (Å²) in [5.41, 5.74) is 0.993. The summed E-state index contributed by atoms with van der Waals surface area (Å²) in [4.78, 5) is 14.4. The molecule has 0 bridgehead atoms. The fraction of sp³-hybridized carbons (Fsp3) is 0.588. The van der Waals surface area contributed by atoms with Crippen molar-refractivity contribution in [2.24, 2.45) is 5.92 Å². The normalized spacial score (nSPS) is 16.9. The van der Waals surface area contributed by atoms with Gasteiger partial charge in [0.1, 0.15) is 6.61 Å². The van der Waals surface area contributed by atoms with E-state index in [0.29, 0.717) is 19.4 Å². The highest BCUT2D eigenvalue weighted by atomic mass is 32.2. The molecule has 6 nitrogen and oxygen atoms in total. The second-order valence-corrected chi connectivity index (χ2v) is 8.25. The second-order valence-electron chi connectivity index (χ2n) is 6.14. The number of aryl methyl sites for hydroxylation is 1. The number of rotatable bonds is 7. The lowest BCUT2D eigenvalue weighted by molar-refractivity contribution is -0.149. The number of likely N-dealkylation sites (tertiary alicyclic amines) is 1. The average molecular weight is 355 g/mol. The topological polar surface area (TPSA) is 83.9 Å². The summed E-state index contributed by atoms with van der Waals surface area (Å²) >= 11 is 0. The van der Waals surface area contributed by atoms with E-state index in [1.54, 1.807) is 24.3 Å². The van der Waals surface area contributed by atoms with Gasteiger partial charge in [0.2, 0.25) is 0 Å². The first kappa shape index (κ1) is 18.9. The molecule has 0 aliphatic carbocycles. The molecule has 1 saturated heterocycles. The Balaban J connectivity index is 1.77. The predicted octanol–water partition coefficient (Wildman–Crippen LogP) is 1.02. The average Bonchev–Trinajstić information content (AvgIpc) is 2.56. The maximum absolute atomic E-state index is 12.2.